The van der Waals surface area contributed by atoms with Crippen molar-refractivity contribution < 1.29 is 4.74 Å². The Morgan fingerprint density at radius 2 is 2.06 bits per heavy atom. The molecule has 0 amide bonds. The molecule has 0 radical (unpaired) electrons. The van der Waals surface area contributed by atoms with Crippen LogP contribution in [0.1, 0.15) is 5.56 Å². The van der Waals surface area contributed by atoms with Crippen molar-refractivity contribution in [3.63, 3.8) is 0 Å². The van der Waals surface area contributed by atoms with E-state index in [0.717, 1.165) is 22.6 Å². The highest BCUT2D eigenvalue weighted by atomic mass is 16.5. The molecule has 0 spiro atoms. The molecule has 0 atom stereocenters. The predicted molar refractivity (Wildman–Crippen MR) is 62.8 cm³/mol. The number of aromatic nitrogens is 2. The molecule has 0 aliphatic carbocycles. The zero-order valence-corrected chi connectivity index (χ0v) is 9.57. The van der Waals surface area contributed by atoms with Crippen molar-refractivity contribution in [3.8, 4) is 17.0 Å². The molecule has 2 aromatic rings. The summed E-state index contributed by atoms with van der Waals surface area (Å²) >= 11 is 0. The Labute approximate surface area is 93.5 Å². The minimum absolute atomic E-state index is 0.0385. The number of ether oxygens (including phenoxy) is 1. The average Bonchev–Trinajstić information content (AvgIpc) is 2.59. The number of H-pyrrole nitrogens is 1. The third-order valence-corrected chi connectivity index (χ3v) is 2.59. The van der Waals surface area contributed by atoms with E-state index in [1.807, 2.05) is 25.1 Å². The van der Waals surface area contributed by atoms with Gasteiger partial charge in [0.1, 0.15) is 5.75 Å². The minimum Gasteiger partial charge on any atom is -0.496 e. The minimum atomic E-state index is -0.0385. The van der Waals surface area contributed by atoms with Crippen LogP contribution < -0.4 is 10.3 Å². The van der Waals surface area contributed by atoms with E-state index < -0.39 is 0 Å². The normalized spacial score (nSPS) is 10.4. The van der Waals surface area contributed by atoms with E-state index in [1.165, 1.54) is 4.68 Å². The summed E-state index contributed by atoms with van der Waals surface area (Å²) in [6, 6.07) is 7.40. The van der Waals surface area contributed by atoms with Gasteiger partial charge in [0.25, 0.3) is 5.56 Å². The van der Waals surface area contributed by atoms with Crippen LogP contribution in [0.5, 0.6) is 5.75 Å². The van der Waals surface area contributed by atoms with Crippen molar-refractivity contribution in [2.24, 2.45) is 7.05 Å². The Morgan fingerprint density at radius 3 is 2.56 bits per heavy atom. The van der Waals surface area contributed by atoms with Gasteiger partial charge >= 0.3 is 0 Å². The van der Waals surface area contributed by atoms with Gasteiger partial charge in [-0.05, 0) is 30.7 Å². The van der Waals surface area contributed by atoms with Crippen LogP contribution in [0.2, 0.25) is 0 Å². The van der Waals surface area contributed by atoms with Crippen LogP contribution >= 0.6 is 0 Å². The fourth-order valence-electron chi connectivity index (χ4n) is 1.68. The van der Waals surface area contributed by atoms with E-state index in [4.69, 9.17) is 4.74 Å². The maximum atomic E-state index is 11.3. The molecule has 0 saturated heterocycles. The lowest BCUT2D eigenvalue weighted by atomic mass is 10.1. The van der Waals surface area contributed by atoms with E-state index in [0.29, 0.717) is 0 Å². The highest BCUT2D eigenvalue weighted by molar-refractivity contribution is 5.61. The van der Waals surface area contributed by atoms with Gasteiger partial charge in [0.15, 0.2) is 0 Å². The van der Waals surface area contributed by atoms with Gasteiger partial charge in [-0.1, -0.05) is 0 Å². The largest absolute Gasteiger partial charge is 0.496 e. The monoisotopic (exact) mass is 218 g/mol. The maximum absolute atomic E-state index is 11.3. The molecule has 2 rings (SSSR count). The number of aromatic amines is 1. The second-order valence-electron chi connectivity index (χ2n) is 3.75. The quantitative estimate of drug-likeness (QED) is 0.833. The van der Waals surface area contributed by atoms with Crippen molar-refractivity contribution in [2.75, 3.05) is 7.11 Å². The number of aryl methyl sites for hydroxylation is 2. The third kappa shape index (κ3) is 1.74. The van der Waals surface area contributed by atoms with E-state index >= 15 is 0 Å². The van der Waals surface area contributed by atoms with Crippen molar-refractivity contribution in [1.82, 2.24) is 9.78 Å². The standard InChI is InChI=1S/C12H14N2O2/c1-8-6-9(4-5-11(8)16-3)10-7-12(15)14(2)13-10/h4-7,13H,1-3H3. The van der Waals surface area contributed by atoms with E-state index in [2.05, 4.69) is 5.10 Å². The summed E-state index contributed by atoms with van der Waals surface area (Å²) in [5.74, 6) is 0.849. The second kappa shape index (κ2) is 3.89. The van der Waals surface area contributed by atoms with Crippen LogP contribution in [0, 0.1) is 6.92 Å². The Bertz CT molecular complexity index is 567. The summed E-state index contributed by atoms with van der Waals surface area (Å²) in [4.78, 5) is 11.3. The van der Waals surface area contributed by atoms with Gasteiger partial charge in [0.2, 0.25) is 0 Å². The summed E-state index contributed by atoms with van der Waals surface area (Å²) in [5.41, 5.74) is 2.81. The molecule has 0 aliphatic heterocycles. The molecule has 1 N–H and O–H groups in total. The molecule has 0 unspecified atom stereocenters. The van der Waals surface area contributed by atoms with Gasteiger partial charge in [-0.15, -0.1) is 0 Å². The lowest BCUT2D eigenvalue weighted by Crippen LogP contribution is -2.09. The number of hydrogen-bond acceptors (Lipinski definition) is 2. The molecule has 0 aliphatic rings. The molecule has 1 aromatic heterocycles. The number of methoxy groups -OCH3 is 1. The number of benzene rings is 1. The maximum Gasteiger partial charge on any atom is 0.266 e. The van der Waals surface area contributed by atoms with E-state index in [1.54, 1.807) is 20.2 Å². The van der Waals surface area contributed by atoms with Crippen molar-refractivity contribution in [3.05, 3.63) is 40.2 Å². The number of nitrogens with one attached hydrogen (secondary N) is 1. The second-order valence-corrected chi connectivity index (χ2v) is 3.75. The zero-order chi connectivity index (χ0) is 11.7. The first-order valence-corrected chi connectivity index (χ1v) is 5.03. The van der Waals surface area contributed by atoms with E-state index in [9.17, 15) is 4.79 Å². The highest BCUT2D eigenvalue weighted by Crippen LogP contribution is 2.23. The number of rotatable bonds is 2. The predicted octanol–water partition coefficient (Wildman–Crippen LogP) is 1.70. The molecule has 4 heteroatoms. The lowest BCUT2D eigenvalue weighted by molar-refractivity contribution is 0.412. The SMILES string of the molecule is COc1ccc(-c2cc(=O)n(C)[nH]2)cc1C. The Kier molecular flexibility index (Phi) is 2.56. The number of nitrogens with zero attached hydrogens (tertiary/aromatic N) is 1. The molecule has 16 heavy (non-hydrogen) atoms. The first-order valence-electron chi connectivity index (χ1n) is 5.03. The van der Waals surface area contributed by atoms with Gasteiger partial charge in [-0.25, -0.2) is 0 Å². The Morgan fingerprint density at radius 1 is 1.31 bits per heavy atom. The van der Waals surface area contributed by atoms with Crippen LogP contribution in [-0.2, 0) is 7.05 Å². The fraction of sp³-hybridized carbons (Fsp3) is 0.250. The topological polar surface area (TPSA) is 47.0 Å². The highest BCUT2D eigenvalue weighted by Gasteiger charge is 2.05. The average molecular weight is 218 g/mol. The summed E-state index contributed by atoms with van der Waals surface area (Å²) in [7, 11) is 3.34. The third-order valence-electron chi connectivity index (χ3n) is 2.59. The van der Waals surface area contributed by atoms with Crippen LogP contribution in [0.15, 0.2) is 29.1 Å². The molecular weight excluding hydrogens is 204 g/mol. The Hall–Kier alpha value is -1.97. The zero-order valence-electron chi connectivity index (χ0n) is 9.57. The molecule has 1 heterocycles. The van der Waals surface area contributed by atoms with Crippen LogP contribution in [0.4, 0.5) is 0 Å². The molecule has 0 fully saturated rings. The number of hydrogen-bond donors (Lipinski definition) is 1. The summed E-state index contributed by atoms with van der Waals surface area (Å²) < 4.78 is 6.64. The van der Waals surface area contributed by atoms with Gasteiger partial charge in [-0.3, -0.25) is 14.6 Å². The van der Waals surface area contributed by atoms with Gasteiger partial charge in [-0.2, -0.15) is 0 Å². The molecule has 0 saturated carbocycles. The van der Waals surface area contributed by atoms with Crippen LogP contribution in [0.3, 0.4) is 0 Å². The molecular formula is C12H14N2O2. The fourth-order valence-corrected chi connectivity index (χ4v) is 1.68. The first-order chi connectivity index (χ1) is 7.61. The van der Waals surface area contributed by atoms with Gasteiger partial charge in [0.05, 0.1) is 12.8 Å². The van der Waals surface area contributed by atoms with Crippen LogP contribution in [0.25, 0.3) is 11.3 Å². The van der Waals surface area contributed by atoms with Gasteiger partial charge < -0.3 is 4.74 Å². The summed E-state index contributed by atoms with van der Waals surface area (Å²) in [5, 5.41) is 2.99. The lowest BCUT2D eigenvalue weighted by Gasteiger charge is -2.05. The molecule has 1 aromatic carbocycles. The smallest absolute Gasteiger partial charge is 0.266 e. The molecule has 0 bridgehead atoms. The summed E-state index contributed by atoms with van der Waals surface area (Å²) in [6.45, 7) is 1.98. The first kappa shape index (κ1) is 10.5. The van der Waals surface area contributed by atoms with Crippen molar-refractivity contribution in [1.29, 1.82) is 0 Å². The molecule has 84 valence electrons. The van der Waals surface area contributed by atoms with Gasteiger partial charge in [0, 0.05) is 18.7 Å². The molecule has 4 nitrogen and oxygen atoms in total. The Balaban J connectivity index is 2.49. The van der Waals surface area contributed by atoms with Crippen molar-refractivity contribution >= 4 is 0 Å². The van der Waals surface area contributed by atoms with Crippen LogP contribution in [-0.4, -0.2) is 16.9 Å². The van der Waals surface area contributed by atoms with E-state index in [-0.39, 0.29) is 5.56 Å². The van der Waals surface area contributed by atoms with Crippen molar-refractivity contribution in [2.45, 2.75) is 6.92 Å². The summed E-state index contributed by atoms with van der Waals surface area (Å²) in [6.07, 6.45) is 0.